The van der Waals surface area contributed by atoms with E-state index in [1.807, 2.05) is 44.2 Å². The maximum absolute atomic E-state index is 12.2. The number of rotatable bonds is 8. The second-order valence-corrected chi connectivity index (χ2v) is 5.46. The number of ether oxygens (including phenoxy) is 2. The Kier molecular flexibility index (Phi) is 7.60. The number of hydrogen-bond donors (Lipinski definition) is 1. The van der Waals surface area contributed by atoms with Gasteiger partial charge < -0.3 is 9.47 Å². The molecule has 1 aromatic rings. The van der Waals surface area contributed by atoms with E-state index in [4.69, 9.17) is 9.47 Å². The fourth-order valence-electron chi connectivity index (χ4n) is 1.96. The molecule has 0 bridgehead atoms. The third-order valence-electron chi connectivity index (χ3n) is 3.21. The van der Waals surface area contributed by atoms with E-state index < -0.39 is 12.1 Å². The van der Waals surface area contributed by atoms with E-state index >= 15 is 0 Å². The third-order valence-corrected chi connectivity index (χ3v) is 3.21. The van der Waals surface area contributed by atoms with Crippen LogP contribution in [0.2, 0.25) is 0 Å². The second-order valence-electron chi connectivity index (χ2n) is 5.46. The number of nitrogens with one attached hydrogen (secondary N) is 1. The lowest BCUT2D eigenvalue weighted by atomic mass is 10.0. The van der Waals surface area contributed by atoms with E-state index in [2.05, 4.69) is 5.32 Å². The molecule has 0 saturated carbocycles. The van der Waals surface area contributed by atoms with Crippen molar-refractivity contribution in [1.82, 2.24) is 5.32 Å². The van der Waals surface area contributed by atoms with Crippen molar-refractivity contribution in [2.24, 2.45) is 5.92 Å². The monoisotopic (exact) mass is 307 g/mol. The van der Waals surface area contributed by atoms with Crippen LogP contribution in [0.25, 0.3) is 0 Å². The van der Waals surface area contributed by atoms with Gasteiger partial charge in [-0.1, -0.05) is 44.2 Å². The molecule has 0 aliphatic heterocycles. The molecular weight excluding hydrogens is 282 g/mol. The molecule has 0 aliphatic rings. The van der Waals surface area contributed by atoms with Crippen molar-refractivity contribution < 1.29 is 19.1 Å². The van der Waals surface area contributed by atoms with Gasteiger partial charge in [-0.3, -0.25) is 14.9 Å². The third kappa shape index (κ3) is 5.85. The summed E-state index contributed by atoms with van der Waals surface area (Å²) in [6.45, 7) is 7.77. The summed E-state index contributed by atoms with van der Waals surface area (Å²) in [4.78, 5) is 23.9. The Labute approximate surface area is 132 Å². The van der Waals surface area contributed by atoms with Crippen LogP contribution < -0.4 is 5.32 Å². The van der Waals surface area contributed by atoms with Crippen molar-refractivity contribution in [3.8, 4) is 0 Å². The number of carbonyl (C=O) groups is 2. The quantitative estimate of drug-likeness (QED) is 0.747. The smallest absolute Gasteiger partial charge is 0.323 e. The van der Waals surface area contributed by atoms with Crippen LogP contribution in [-0.2, 0) is 25.7 Å². The molecule has 1 aromatic carbocycles. The molecule has 122 valence electrons. The van der Waals surface area contributed by atoms with Gasteiger partial charge in [0, 0.05) is 0 Å². The standard InChI is InChI=1S/C17H25NO4/c1-5-21-16(19)13(4)18-15(12(2)3)17(20)22-11-14-9-7-6-8-10-14/h6-10,12-13,15,18H,5,11H2,1-4H3/t13-,15-/m0/s1. The highest BCUT2D eigenvalue weighted by atomic mass is 16.5. The molecule has 1 rings (SSSR count). The van der Waals surface area contributed by atoms with Crippen molar-refractivity contribution in [1.29, 1.82) is 0 Å². The van der Waals surface area contributed by atoms with Crippen LogP contribution in [-0.4, -0.2) is 30.6 Å². The second kappa shape index (κ2) is 9.20. The van der Waals surface area contributed by atoms with E-state index in [0.29, 0.717) is 6.61 Å². The maximum Gasteiger partial charge on any atom is 0.323 e. The van der Waals surface area contributed by atoms with Gasteiger partial charge in [-0.15, -0.1) is 0 Å². The van der Waals surface area contributed by atoms with Crippen LogP contribution >= 0.6 is 0 Å². The maximum atomic E-state index is 12.2. The number of benzene rings is 1. The average Bonchev–Trinajstić information content (AvgIpc) is 2.51. The Morgan fingerprint density at radius 2 is 1.68 bits per heavy atom. The fraction of sp³-hybridized carbons (Fsp3) is 0.529. The van der Waals surface area contributed by atoms with Gasteiger partial charge in [-0.2, -0.15) is 0 Å². The number of carbonyl (C=O) groups excluding carboxylic acids is 2. The molecule has 1 N–H and O–H groups in total. The zero-order valence-corrected chi connectivity index (χ0v) is 13.7. The van der Waals surface area contributed by atoms with Gasteiger partial charge in [0.25, 0.3) is 0 Å². The van der Waals surface area contributed by atoms with Gasteiger partial charge in [0.1, 0.15) is 18.7 Å². The molecule has 0 aliphatic carbocycles. The molecule has 0 spiro atoms. The van der Waals surface area contributed by atoms with Crippen molar-refractivity contribution >= 4 is 11.9 Å². The van der Waals surface area contributed by atoms with Crippen molar-refractivity contribution in [3.05, 3.63) is 35.9 Å². The molecule has 0 aromatic heterocycles. The van der Waals surface area contributed by atoms with Gasteiger partial charge in [-0.25, -0.2) is 0 Å². The largest absolute Gasteiger partial charge is 0.465 e. The Morgan fingerprint density at radius 3 is 2.23 bits per heavy atom. The summed E-state index contributed by atoms with van der Waals surface area (Å²) in [7, 11) is 0. The molecular formula is C17H25NO4. The zero-order valence-electron chi connectivity index (χ0n) is 13.7. The first kappa shape index (κ1) is 18.2. The first-order valence-electron chi connectivity index (χ1n) is 7.59. The van der Waals surface area contributed by atoms with E-state index in [0.717, 1.165) is 5.56 Å². The van der Waals surface area contributed by atoms with Crippen LogP contribution in [0.3, 0.4) is 0 Å². The zero-order chi connectivity index (χ0) is 16.5. The predicted octanol–water partition coefficient (Wildman–Crippen LogP) is 2.30. The summed E-state index contributed by atoms with van der Waals surface area (Å²) in [5.41, 5.74) is 0.928. The molecule has 0 fully saturated rings. The molecule has 0 radical (unpaired) electrons. The highest BCUT2D eigenvalue weighted by molar-refractivity contribution is 5.79. The Balaban J connectivity index is 2.58. The van der Waals surface area contributed by atoms with Crippen LogP contribution in [0.15, 0.2) is 30.3 Å². The Bertz CT molecular complexity index is 473. The summed E-state index contributed by atoms with van der Waals surface area (Å²) in [6.07, 6.45) is 0. The fourth-order valence-corrected chi connectivity index (χ4v) is 1.96. The first-order chi connectivity index (χ1) is 10.5. The van der Waals surface area contributed by atoms with Gasteiger partial charge >= 0.3 is 11.9 Å². The molecule has 0 saturated heterocycles. The molecule has 0 amide bonds. The Hall–Kier alpha value is -1.88. The predicted molar refractivity (Wildman–Crippen MR) is 84.1 cm³/mol. The summed E-state index contributed by atoms with van der Waals surface area (Å²) in [5, 5.41) is 2.99. The number of hydrogen-bond acceptors (Lipinski definition) is 5. The molecule has 22 heavy (non-hydrogen) atoms. The van der Waals surface area contributed by atoms with Crippen LogP contribution in [0.4, 0.5) is 0 Å². The summed E-state index contributed by atoms with van der Waals surface area (Å²) < 4.78 is 10.3. The van der Waals surface area contributed by atoms with Crippen molar-refractivity contribution in [2.45, 2.75) is 46.4 Å². The highest BCUT2D eigenvalue weighted by Gasteiger charge is 2.28. The van der Waals surface area contributed by atoms with E-state index in [1.165, 1.54) is 0 Å². The first-order valence-corrected chi connectivity index (χ1v) is 7.59. The van der Waals surface area contributed by atoms with E-state index in [1.54, 1.807) is 13.8 Å². The lowest BCUT2D eigenvalue weighted by molar-refractivity contribution is -0.150. The highest BCUT2D eigenvalue weighted by Crippen LogP contribution is 2.08. The minimum Gasteiger partial charge on any atom is -0.465 e. The topological polar surface area (TPSA) is 64.6 Å². The lowest BCUT2D eigenvalue weighted by Crippen LogP contribution is -2.49. The minimum atomic E-state index is -0.559. The van der Waals surface area contributed by atoms with Gasteiger partial charge in [0.15, 0.2) is 0 Å². The molecule has 0 heterocycles. The molecule has 5 heteroatoms. The molecule has 2 atom stereocenters. The summed E-state index contributed by atoms with van der Waals surface area (Å²) >= 11 is 0. The van der Waals surface area contributed by atoms with Crippen molar-refractivity contribution in [3.63, 3.8) is 0 Å². The van der Waals surface area contributed by atoms with Gasteiger partial charge in [-0.05, 0) is 25.3 Å². The van der Waals surface area contributed by atoms with Crippen molar-refractivity contribution in [2.75, 3.05) is 6.61 Å². The number of esters is 2. The SMILES string of the molecule is CCOC(=O)[C@H](C)N[C@H](C(=O)OCc1ccccc1)C(C)C. The Morgan fingerprint density at radius 1 is 1.05 bits per heavy atom. The van der Waals surface area contributed by atoms with Gasteiger partial charge in [0.05, 0.1) is 6.61 Å². The van der Waals surface area contributed by atoms with Gasteiger partial charge in [0.2, 0.25) is 0 Å². The lowest BCUT2D eigenvalue weighted by Gasteiger charge is -2.24. The van der Waals surface area contributed by atoms with Crippen LogP contribution in [0.5, 0.6) is 0 Å². The molecule has 5 nitrogen and oxygen atoms in total. The summed E-state index contributed by atoms with van der Waals surface area (Å²) in [5.74, 6) is -0.737. The van der Waals surface area contributed by atoms with E-state index in [9.17, 15) is 9.59 Å². The van der Waals surface area contributed by atoms with E-state index in [-0.39, 0.29) is 24.5 Å². The molecule has 0 unspecified atom stereocenters. The minimum absolute atomic E-state index is 0.000139. The average molecular weight is 307 g/mol. The normalized spacial score (nSPS) is 13.5. The van der Waals surface area contributed by atoms with Crippen LogP contribution in [0.1, 0.15) is 33.3 Å². The summed E-state index contributed by atoms with van der Waals surface area (Å²) in [6, 6.07) is 8.37. The van der Waals surface area contributed by atoms with Crippen LogP contribution in [0, 0.1) is 5.92 Å².